The van der Waals surface area contributed by atoms with Gasteiger partial charge in [-0.3, -0.25) is 14.4 Å². The van der Waals surface area contributed by atoms with Crippen molar-refractivity contribution in [3.63, 3.8) is 0 Å². The lowest BCUT2D eigenvalue weighted by atomic mass is 10.1. The van der Waals surface area contributed by atoms with Crippen LogP contribution >= 0.6 is 0 Å². The zero-order valence-electron chi connectivity index (χ0n) is 42.7. The summed E-state index contributed by atoms with van der Waals surface area (Å²) in [4.78, 5) is 38.0. The highest BCUT2D eigenvalue weighted by Gasteiger charge is 2.19. The van der Waals surface area contributed by atoms with Crippen molar-refractivity contribution in [1.82, 2.24) is 0 Å². The second kappa shape index (κ2) is 53.7. The second-order valence-corrected chi connectivity index (χ2v) is 17.5. The van der Waals surface area contributed by atoms with Crippen LogP contribution in [0.4, 0.5) is 0 Å². The van der Waals surface area contributed by atoms with Gasteiger partial charge in [-0.05, 0) is 89.9 Å². The molecule has 0 rings (SSSR count). The number of carbonyl (C=O) groups excluding carboxylic acids is 3. The van der Waals surface area contributed by atoms with Gasteiger partial charge in [0.05, 0.1) is 0 Å². The van der Waals surface area contributed by atoms with Gasteiger partial charge in [0, 0.05) is 19.3 Å². The van der Waals surface area contributed by atoms with Crippen LogP contribution < -0.4 is 0 Å². The highest BCUT2D eigenvalue weighted by atomic mass is 16.6. The topological polar surface area (TPSA) is 78.9 Å². The van der Waals surface area contributed by atoms with Crippen LogP contribution in [0.2, 0.25) is 0 Å². The van der Waals surface area contributed by atoms with Crippen LogP contribution in [0.25, 0.3) is 0 Å². The third-order valence-electron chi connectivity index (χ3n) is 11.1. The number of hydrogen-bond donors (Lipinski definition) is 0. The number of rotatable bonds is 47. The predicted octanol–water partition coefficient (Wildman–Crippen LogP) is 17.9. The molecule has 0 saturated carbocycles. The first-order valence-corrected chi connectivity index (χ1v) is 27.0. The number of hydrogen-bond acceptors (Lipinski definition) is 6. The molecular formula is C60H98O6. The van der Waals surface area contributed by atoms with E-state index < -0.39 is 6.10 Å². The Bertz CT molecular complexity index is 1370. The lowest BCUT2D eigenvalue weighted by molar-refractivity contribution is -0.167. The summed E-state index contributed by atoms with van der Waals surface area (Å²) in [6.07, 6.45) is 72.3. The first-order chi connectivity index (χ1) is 32.5. The Morgan fingerprint density at radius 3 is 1.17 bits per heavy atom. The van der Waals surface area contributed by atoms with E-state index in [0.29, 0.717) is 19.3 Å². The van der Waals surface area contributed by atoms with E-state index in [1.807, 2.05) is 54.7 Å². The van der Waals surface area contributed by atoms with Gasteiger partial charge >= 0.3 is 17.9 Å². The average molecular weight is 915 g/mol. The van der Waals surface area contributed by atoms with E-state index in [-0.39, 0.29) is 37.5 Å². The van der Waals surface area contributed by atoms with Crippen LogP contribution in [0.15, 0.2) is 109 Å². The molecule has 1 atom stereocenters. The molecule has 0 aromatic heterocycles. The Morgan fingerprint density at radius 2 is 0.682 bits per heavy atom. The number of ether oxygens (including phenoxy) is 3. The number of allylic oxidation sites excluding steroid dienone is 18. The standard InChI is InChI=1S/C60H98O6/c1-4-7-10-13-16-19-22-25-27-29-30-31-33-35-38-41-44-47-50-53-59(62)65-56-57(55-64-58(61)52-49-46-43-40-37-34-24-21-18-15-12-9-6-3)66-60(63)54-51-48-45-42-39-36-32-28-26-23-20-17-14-11-8-5-2/h7,9-10,12,15-16,18-19,21,24-25,27-28,32,34,37,40,43,57H,4-6,8,11,13-14,17,20,22-23,26,29-31,33,35-36,38-39,41-42,44-56H2,1-3H3/b10-7-,12-9-,18-15-,19-16-,24-21-,27-25-,32-28-,37-34-,43-40-. The molecule has 0 N–H and O–H groups in total. The fourth-order valence-corrected chi connectivity index (χ4v) is 7.13. The highest BCUT2D eigenvalue weighted by molar-refractivity contribution is 5.71. The van der Waals surface area contributed by atoms with Gasteiger partial charge in [-0.25, -0.2) is 0 Å². The van der Waals surface area contributed by atoms with Crippen LogP contribution in [0, 0.1) is 0 Å². The Balaban J connectivity index is 4.47. The summed E-state index contributed by atoms with van der Waals surface area (Å²) in [6.45, 7) is 6.30. The minimum Gasteiger partial charge on any atom is -0.462 e. The van der Waals surface area contributed by atoms with E-state index in [4.69, 9.17) is 14.2 Å². The zero-order chi connectivity index (χ0) is 47.9. The molecule has 0 aliphatic heterocycles. The van der Waals surface area contributed by atoms with Crippen molar-refractivity contribution >= 4 is 17.9 Å². The maximum Gasteiger partial charge on any atom is 0.306 e. The van der Waals surface area contributed by atoms with Gasteiger partial charge in [0.15, 0.2) is 6.10 Å². The first-order valence-electron chi connectivity index (χ1n) is 27.0. The van der Waals surface area contributed by atoms with Crippen molar-refractivity contribution < 1.29 is 28.6 Å². The van der Waals surface area contributed by atoms with Gasteiger partial charge in [0.1, 0.15) is 13.2 Å². The molecule has 0 aliphatic carbocycles. The average Bonchev–Trinajstić information content (AvgIpc) is 3.31. The van der Waals surface area contributed by atoms with Gasteiger partial charge in [0.2, 0.25) is 0 Å². The van der Waals surface area contributed by atoms with Crippen LogP contribution in [0.3, 0.4) is 0 Å². The van der Waals surface area contributed by atoms with Gasteiger partial charge in [0.25, 0.3) is 0 Å². The van der Waals surface area contributed by atoms with Crippen molar-refractivity contribution in [2.24, 2.45) is 0 Å². The number of carbonyl (C=O) groups is 3. The Morgan fingerprint density at radius 1 is 0.333 bits per heavy atom. The van der Waals surface area contributed by atoms with Crippen LogP contribution in [0.1, 0.15) is 233 Å². The van der Waals surface area contributed by atoms with E-state index in [2.05, 4.69) is 75.5 Å². The normalized spacial score (nSPS) is 13.0. The fraction of sp³-hybridized carbons (Fsp3) is 0.650. The molecule has 0 amide bonds. The molecule has 0 radical (unpaired) electrons. The quantitative estimate of drug-likeness (QED) is 0.0199. The molecule has 66 heavy (non-hydrogen) atoms. The van der Waals surface area contributed by atoms with Crippen LogP contribution in [0.5, 0.6) is 0 Å². The molecule has 0 aliphatic rings. The molecule has 0 aromatic carbocycles. The summed E-state index contributed by atoms with van der Waals surface area (Å²) >= 11 is 0. The van der Waals surface area contributed by atoms with Crippen molar-refractivity contribution in [3.8, 4) is 0 Å². The highest BCUT2D eigenvalue weighted by Crippen LogP contribution is 2.14. The fourth-order valence-electron chi connectivity index (χ4n) is 7.13. The molecule has 374 valence electrons. The molecular weight excluding hydrogens is 817 g/mol. The summed E-state index contributed by atoms with van der Waals surface area (Å²) in [5, 5.41) is 0. The lowest BCUT2D eigenvalue weighted by Crippen LogP contribution is -2.30. The SMILES string of the molecule is CC\C=C/C=C\C=C/C=C\C=C/CCCC(=O)OCC(COC(=O)CCCCCCCCCCC/C=C\C/C=C\C/C=C\CC)OC(=O)CCCCCCC/C=C\CCCCCCCCC. The molecule has 0 saturated heterocycles. The summed E-state index contributed by atoms with van der Waals surface area (Å²) in [5.41, 5.74) is 0. The van der Waals surface area contributed by atoms with Crippen molar-refractivity contribution in [2.45, 2.75) is 239 Å². The van der Waals surface area contributed by atoms with Crippen molar-refractivity contribution in [2.75, 3.05) is 13.2 Å². The maximum absolute atomic E-state index is 12.8. The van der Waals surface area contributed by atoms with Gasteiger partial charge < -0.3 is 14.2 Å². The Kier molecular flexibility index (Phi) is 50.5. The zero-order valence-corrected chi connectivity index (χ0v) is 42.7. The van der Waals surface area contributed by atoms with Gasteiger partial charge in [-0.15, -0.1) is 0 Å². The van der Waals surface area contributed by atoms with Gasteiger partial charge in [-0.1, -0.05) is 233 Å². The molecule has 1 unspecified atom stereocenters. The van der Waals surface area contributed by atoms with Gasteiger partial charge in [-0.2, -0.15) is 0 Å². The van der Waals surface area contributed by atoms with E-state index in [0.717, 1.165) is 89.9 Å². The molecule has 0 heterocycles. The molecule has 0 spiro atoms. The van der Waals surface area contributed by atoms with E-state index in [9.17, 15) is 14.4 Å². The Hall–Kier alpha value is -3.93. The van der Waals surface area contributed by atoms with Crippen molar-refractivity contribution in [3.05, 3.63) is 109 Å². The van der Waals surface area contributed by atoms with E-state index in [1.165, 1.54) is 96.3 Å². The smallest absolute Gasteiger partial charge is 0.306 e. The Labute approximate surface area is 406 Å². The van der Waals surface area contributed by atoms with Crippen LogP contribution in [-0.2, 0) is 28.6 Å². The molecule has 6 heteroatoms. The molecule has 0 fully saturated rings. The van der Waals surface area contributed by atoms with Crippen LogP contribution in [-0.4, -0.2) is 37.2 Å². The van der Waals surface area contributed by atoms with E-state index >= 15 is 0 Å². The lowest BCUT2D eigenvalue weighted by Gasteiger charge is -2.18. The molecule has 6 nitrogen and oxygen atoms in total. The third-order valence-corrected chi connectivity index (χ3v) is 11.1. The summed E-state index contributed by atoms with van der Waals surface area (Å²) in [6, 6.07) is 0. The summed E-state index contributed by atoms with van der Waals surface area (Å²) in [5.74, 6) is -1.00. The third kappa shape index (κ3) is 51.1. The monoisotopic (exact) mass is 915 g/mol. The maximum atomic E-state index is 12.8. The minimum absolute atomic E-state index is 0.108. The number of unbranched alkanes of at least 4 members (excludes halogenated alkanes) is 22. The summed E-state index contributed by atoms with van der Waals surface area (Å²) < 4.78 is 16.7. The molecule has 0 aromatic rings. The predicted molar refractivity (Wildman–Crippen MR) is 283 cm³/mol. The first kappa shape index (κ1) is 62.1. The van der Waals surface area contributed by atoms with Crippen molar-refractivity contribution in [1.29, 1.82) is 0 Å². The molecule has 0 bridgehead atoms. The minimum atomic E-state index is -0.815. The second-order valence-electron chi connectivity index (χ2n) is 17.5. The summed E-state index contributed by atoms with van der Waals surface area (Å²) in [7, 11) is 0. The number of esters is 3. The largest absolute Gasteiger partial charge is 0.462 e. The van der Waals surface area contributed by atoms with E-state index in [1.54, 1.807) is 0 Å².